The molecule has 8 heteroatoms. The van der Waals surface area contributed by atoms with Gasteiger partial charge in [-0.1, -0.05) is 0 Å². The summed E-state index contributed by atoms with van der Waals surface area (Å²) in [6.45, 7) is -0.963. The minimum Gasteiger partial charge on any atom is -0.382 e. The van der Waals surface area contributed by atoms with Crippen LogP contribution in [0.25, 0.3) is 0 Å². The topological polar surface area (TPSA) is 82.2 Å². The molecular formula is C9H9F3N2O3. The van der Waals surface area contributed by atoms with Crippen LogP contribution < -0.4 is 10.9 Å². The maximum absolute atomic E-state index is 11.9. The van der Waals surface area contributed by atoms with Gasteiger partial charge in [-0.05, 0) is 6.07 Å². The highest BCUT2D eigenvalue weighted by atomic mass is 19.4. The molecule has 0 radical (unpaired) electrons. The van der Waals surface area contributed by atoms with Gasteiger partial charge in [-0.25, -0.2) is 0 Å². The molecule has 3 N–H and O–H groups in total. The molecule has 1 atom stereocenters. The largest absolute Gasteiger partial charge is 0.416 e. The monoisotopic (exact) mass is 250 g/mol. The molecule has 0 spiro atoms. The van der Waals surface area contributed by atoms with Crippen LogP contribution in [0.15, 0.2) is 23.1 Å². The van der Waals surface area contributed by atoms with E-state index in [1.165, 1.54) is 12.3 Å². The SMILES string of the molecule is O=C(NCC(O)C(F)(F)F)c1cc[nH]c(=O)c1. The molecule has 1 amide bonds. The van der Waals surface area contributed by atoms with Gasteiger partial charge >= 0.3 is 6.18 Å². The van der Waals surface area contributed by atoms with Crippen LogP contribution in [-0.4, -0.2) is 34.8 Å². The summed E-state index contributed by atoms with van der Waals surface area (Å²) >= 11 is 0. The Balaban J connectivity index is 2.60. The van der Waals surface area contributed by atoms with Gasteiger partial charge in [0, 0.05) is 17.8 Å². The summed E-state index contributed by atoms with van der Waals surface area (Å²) in [5.41, 5.74) is -0.628. The van der Waals surface area contributed by atoms with Gasteiger partial charge in [0.25, 0.3) is 5.91 Å². The quantitative estimate of drug-likeness (QED) is 0.707. The third-order valence-electron chi connectivity index (χ3n) is 1.87. The standard InChI is InChI=1S/C9H9F3N2O3/c10-9(11,12)6(15)4-14-8(17)5-1-2-13-7(16)3-5/h1-3,6,15H,4H2,(H,13,16)(H,14,17). The first-order valence-corrected chi connectivity index (χ1v) is 4.52. The van der Waals surface area contributed by atoms with E-state index >= 15 is 0 Å². The van der Waals surface area contributed by atoms with E-state index in [4.69, 9.17) is 5.11 Å². The first-order chi connectivity index (χ1) is 7.80. The number of aromatic amines is 1. The number of amides is 1. The second-order valence-electron chi connectivity index (χ2n) is 3.21. The summed E-state index contributed by atoms with van der Waals surface area (Å²) in [6, 6.07) is 2.17. The van der Waals surface area contributed by atoms with E-state index in [1.807, 2.05) is 5.32 Å². The number of hydrogen-bond acceptors (Lipinski definition) is 3. The maximum atomic E-state index is 11.9. The summed E-state index contributed by atoms with van der Waals surface area (Å²) in [6.07, 6.45) is -6.23. The van der Waals surface area contributed by atoms with Gasteiger partial charge in [0.1, 0.15) is 0 Å². The number of rotatable bonds is 3. The molecule has 0 saturated carbocycles. The minimum atomic E-state index is -4.79. The Morgan fingerprint density at radius 3 is 2.71 bits per heavy atom. The molecule has 0 saturated heterocycles. The number of aliphatic hydroxyl groups is 1. The second kappa shape index (κ2) is 5.00. The van der Waals surface area contributed by atoms with Crippen molar-refractivity contribution in [1.29, 1.82) is 0 Å². The highest BCUT2D eigenvalue weighted by Gasteiger charge is 2.38. The Labute approximate surface area is 93.3 Å². The van der Waals surface area contributed by atoms with Crippen molar-refractivity contribution in [2.45, 2.75) is 12.3 Å². The van der Waals surface area contributed by atoms with Crippen molar-refractivity contribution in [1.82, 2.24) is 10.3 Å². The number of pyridine rings is 1. The van der Waals surface area contributed by atoms with Crippen molar-refractivity contribution in [3.8, 4) is 0 Å². The van der Waals surface area contributed by atoms with Crippen molar-refractivity contribution in [2.24, 2.45) is 0 Å². The van der Waals surface area contributed by atoms with Gasteiger partial charge in [0.05, 0.1) is 6.54 Å². The van der Waals surface area contributed by atoms with Gasteiger partial charge < -0.3 is 15.4 Å². The lowest BCUT2D eigenvalue weighted by Crippen LogP contribution is -2.40. The number of nitrogens with one attached hydrogen (secondary N) is 2. The highest BCUT2D eigenvalue weighted by molar-refractivity contribution is 5.93. The smallest absolute Gasteiger partial charge is 0.382 e. The molecule has 1 rings (SSSR count). The lowest BCUT2D eigenvalue weighted by molar-refractivity contribution is -0.201. The predicted molar refractivity (Wildman–Crippen MR) is 51.5 cm³/mol. The van der Waals surface area contributed by atoms with E-state index in [0.29, 0.717) is 0 Å². The van der Waals surface area contributed by atoms with Crippen LogP contribution >= 0.6 is 0 Å². The Morgan fingerprint density at radius 1 is 1.53 bits per heavy atom. The van der Waals surface area contributed by atoms with Crippen LogP contribution in [0.4, 0.5) is 13.2 Å². The Hall–Kier alpha value is -1.83. The van der Waals surface area contributed by atoms with Crippen LogP contribution in [0, 0.1) is 0 Å². The number of aliphatic hydroxyl groups excluding tert-OH is 1. The average Bonchev–Trinajstić information content (AvgIpc) is 2.24. The van der Waals surface area contributed by atoms with E-state index in [-0.39, 0.29) is 5.56 Å². The van der Waals surface area contributed by atoms with Crippen molar-refractivity contribution >= 4 is 5.91 Å². The van der Waals surface area contributed by atoms with Crippen molar-refractivity contribution in [2.75, 3.05) is 6.54 Å². The number of carbonyl (C=O) groups excluding carboxylic acids is 1. The van der Waals surface area contributed by atoms with E-state index in [2.05, 4.69) is 4.98 Å². The van der Waals surface area contributed by atoms with E-state index in [0.717, 1.165) is 6.07 Å². The fourth-order valence-corrected chi connectivity index (χ4v) is 0.993. The molecular weight excluding hydrogens is 241 g/mol. The number of alkyl halides is 3. The van der Waals surface area contributed by atoms with Crippen LogP contribution in [-0.2, 0) is 0 Å². The number of aromatic nitrogens is 1. The van der Waals surface area contributed by atoms with Crippen molar-refractivity contribution in [3.05, 3.63) is 34.2 Å². The molecule has 0 fully saturated rings. The molecule has 17 heavy (non-hydrogen) atoms. The lowest BCUT2D eigenvalue weighted by Gasteiger charge is -2.14. The van der Waals surface area contributed by atoms with E-state index in [1.54, 1.807) is 0 Å². The van der Waals surface area contributed by atoms with Crippen LogP contribution in [0.1, 0.15) is 10.4 Å². The third-order valence-corrected chi connectivity index (χ3v) is 1.87. The van der Waals surface area contributed by atoms with Crippen LogP contribution in [0.5, 0.6) is 0 Å². The van der Waals surface area contributed by atoms with Gasteiger partial charge in [-0.3, -0.25) is 9.59 Å². The zero-order valence-corrected chi connectivity index (χ0v) is 8.41. The van der Waals surface area contributed by atoms with Gasteiger partial charge in [-0.2, -0.15) is 13.2 Å². The average molecular weight is 250 g/mol. The molecule has 94 valence electrons. The molecule has 1 unspecified atom stereocenters. The lowest BCUT2D eigenvalue weighted by atomic mass is 10.2. The fourth-order valence-electron chi connectivity index (χ4n) is 0.993. The molecule has 0 aliphatic heterocycles. The number of carbonyl (C=O) groups is 1. The predicted octanol–water partition coefficient (Wildman–Crippen LogP) is 0.0279. The molecule has 0 aromatic carbocycles. The summed E-state index contributed by atoms with van der Waals surface area (Å²) < 4.78 is 35.7. The van der Waals surface area contributed by atoms with Crippen molar-refractivity contribution < 1.29 is 23.1 Å². The zero-order valence-electron chi connectivity index (χ0n) is 8.41. The van der Waals surface area contributed by atoms with Gasteiger partial charge in [0.2, 0.25) is 5.56 Å². The number of hydrogen-bond donors (Lipinski definition) is 3. The summed E-state index contributed by atoms with van der Waals surface area (Å²) in [5.74, 6) is -0.862. The number of H-pyrrole nitrogens is 1. The first-order valence-electron chi connectivity index (χ1n) is 4.52. The molecule has 1 aromatic heterocycles. The Bertz CT molecular complexity index is 455. The van der Waals surface area contributed by atoms with Crippen molar-refractivity contribution in [3.63, 3.8) is 0 Å². The highest BCUT2D eigenvalue weighted by Crippen LogP contribution is 2.19. The Morgan fingerprint density at radius 2 is 2.18 bits per heavy atom. The maximum Gasteiger partial charge on any atom is 0.416 e. The summed E-state index contributed by atoms with van der Waals surface area (Å²) in [5, 5.41) is 10.5. The van der Waals surface area contributed by atoms with Crippen LogP contribution in [0.3, 0.4) is 0 Å². The molecule has 5 nitrogen and oxygen atoms in total. The summed E-state index contributed by atoms with van der Waals surface area (Å²) in [4.78, 5) is 24.4. The van der Waals surface area contributed by atoms with Crippen LogP contribution in [0.2, 0.25) is 0 Å². The third kappa shape index (κ3) is 3.91. The normalized spacial score (nSPS) is 13.2. The Kier molecular flexibility index (Phi) is 3.89. The first kappa shape index (κ1) is 13.2. The fraction of sp³-hybridized carbons (Fsp3) is 0.333. The second-order valence-corrected chi connectivity index (χ2v) is 3.21. The summed E-state index contributed by atoms with van der Waals surface area (Å²) in [7, 11) is 0. The van der Waals surface area contributed by atoms with Gasteiger partial charge in [-0.15, -0.1) is 0 Å². The molecule has 0 aliphatic rings. The number of halogens is 3. The molecule has 1 aromatic rings. The van der Waals surface area contributed by atoms with E-state index in [9.17, 15) is 22.8 Å². The molecule has 1 heterocycles. The molecule has 0 bridgehead atoms. The zero-order chi connectivity index (χ0) is 13.1. The minimum absolute atomic E-state index is 0.0804. The van der Waals surface area contributed by atoms with E-state index < -0.39 is 30.3 Å². The van der Waals surface area contributed by atoms with Gasteiger partial charge in [0.15, 0.2) is 6.10 Å². The molecule has 0 aliphatic carbocycles.